The van der Waals surface area contributed by atoms with Crippen LogP contribution in [0, 0.1) is 0 Å². The third-order valence-corrected chi connectivity index (χ3v) is 3.43. The molecule has 0 unspecified atom stereocenters. The Labute approximate surface area is 122 Å². The summed E-state index contributed by atoms with van der Waals surface area (Å²) in [5, 5.41) is 2.06. The monoisotopic (exact) mass is 280 g/mol. The first kappa shape index (κ1) is 13.4. The molecule has 0 aliphatic rings. The lowest BCUT2D eigenvalue weighted by Gasteiger charge is -2.02. The van der Waals surface area contributed by atoms with E-state index in [0.29, 0.717) is 5.69 Å². The first-order chi connectivity index (χ1) is 10.2. The second-order valence-corrected chi connectivity index (χ2v) is 4.79. The number of aromatic nitrogens is 2. The van der Waals surface area contributed by atoms with Gasteiger partial charge in [-0.3, -0.25) is 0 Å². The number of ether oxygens (including phenoxy) is 1. The van der Waals surface area contributed by atoms with Crippen LogP contribution in [0.5, 0.6) is 0 Å². The van der Waals surface area contributed by atoms with E-state index in [1.807, 2.05) is 36.4 Å². The van der Waals surface area contributed by atoms with E-state index in [1.165, 1.54) is 7.11 Å². The third-order valence-electron chi connectivity index (χ3n) is 3.43. The molecule has 21 heavy (non-hydrogen) atoms. The third kappa shape index (κ3) is 2.29. The van der Waals surface area contributed by atoms with Crippen molar-refractivity contribution in [3.63, 3.8) is 0 Å². The number of fused-ring (bicyclic) bond motifs is 3. The number of rotatable bonds is 3. The lowest BCUT2D eigenvalue weighted by atomic mass is 10.1. The normalized spacial score (nSPS) is 11.5. The van der Waals surface area contributed by atoms with Crippen molar-refractivity contribution in [3.8, 4) is 0 Å². The number of para-hydroxylation sites is 1. The zero-order valence-electron chi connectivity index (χ0n) is 12.0. The molecule has 2 aromatic heterocycles. The summed E-state index contributed by atoms with van der Waals surface area (Å²) in [4.78, 5) is 19.6. The fourth-order valence-corrected chi connectivity index (χ4v) is 2.43. The number of hydrogen-bond acceptors (Lipinski definition) is 3. The van der Waals surface area contributed by atoms with E-state index in [0.717, 1.165) is 33.9 Å². The standard InChI is InChI=1S/C17H16N2O2/c1-3-4-8-14-16-12(10-15(18-14)17(20)21-2)11-7-5-6-9-13(11)19-16/h4-10,19H,3H2,1-2H3/b8-4+. The van der Waals surface area contributed by atoms with Crippen molar-refractivity contribution < 1.29 is 9.53 Å². The van der Waals surface area contributed by atoms with Gasteiger partial charge >= 0.3 is 5.97 Å². The molecule has 4 heteroatoms. The van der Waals surface area contributed by atoms with E-state index in [1.54, 1.807) is 6.07 Å². The highest BCUT2D eigenvalue weighted by atomic mass is 16.5. The first-order valence-corrected chi connectivity index (χ1v) is 6.91. The fourth-order valence-electron chi connectivity index (χ4n) is 2.43. The summed E-state index contributed by atoms with van der Waals surface area (Å²) in [7, 11) is 1.37. The van der Waals surface area contributed by atoms with Gasteiger partial charge < -0.3 is 9.72 Å². The topological polar surface area (TPSA) is 55.0 Å². The van der Waals surface area contributed by atoms with Gasteiger partial charge in [0, 0.05) is 16.3 Å². The molecule has 0 atom stereocenters. The van der Waals surface area contributed by atoms with Crippen LogP contribution in [0.15, 0.2) is 36.4 Å². The van der Waals surface area contributed by atoms with Crippen LogP contribution in [0.2, 0.25) is 0 Å². The van der Waals surface area contributed by atoms with Gasteiger partial charge in [-0.1, -0.05) is 31.2 Å². The molecule has 1 N–H and O–H groups in total. The Hall–Kier alpha value is -2.62. The summed E-state index contributed by atoms with van der Waals surface area (Å²) in [6.07, 6.45) is 4.87. The fraction of sp³-hybridized carbons (Fsp3) is 0.176. The molecule has 3 rings (SSSR count). The lowest BCUT2D eigenvalue weighted by molar-refractivity contribution is 0.0594. The number of nitrogens with one attached hydrogen (secondary N) is 1. The van der Waals surface area contributed by atoms with Crippen LogP contribution < -0.4 is 0 Å². The largest absolute Gasteiger partial charge is 0.464 e. The molecule has 0 spiro atoms. The molecule has 4 nitrogen and oxygen atoms in total. The number of hydrogen-bond donors (Lipinski definition) is 1. The summed E-state index contributed by atoms with van der Waals surface area (Å²) >= 11 is 0. The molecular weight excluding hydrogens is 264 g/mol. The molecule has 0 saturated heterocycles. The Morgan fingerprint density at radius 3 is 2.90 bits per heavy atom. The number of carbonyl (C=O) groups is 1. The van der Waals surface area contributed by atoms with Crippen LogP contribution in [0.1, 0.15) is 29.5 Å². The smallest absolute Gasteiger partial charge is 0.356 e. The number of H-pyrrole nitrogens is 1. The van der Waals surface area contributed by atoms with Crippen LogP contribution in [-0.2, 0) is 4.74 Å². The molecule has 106 valence electrons. The van der Waals surface area contributed by atoms with Gasteiger partial charge in [-0.2, -0.15) is 0 Å². The molecule has 0 aliphatic carbocycles. The van der Waals surface area contributed by atoms with E-state index in [9.17, 15) is 4.79 Å². The van der Waals surface area contributed by atoms with Crippen molar-refractivity contribution in [2.45, 2.75) is 13.3 Å². The van der Waals surface area contributed by atoms with Crippen LogP contribution in [0.3, 0.4) is 0 Å². The minimum Gasteiger partial charge on any atom is -0.464 e. The average Bonchev–Trinajstić information content (AvgIpc) is 2.90. The van der Waals surface area contributed by atoms with Crippen molar-refractivity contribution in [2.24, 2.45) is 0 Å². The molecule has 0 radical (unpaired) electrons. The van der Waals surface area contributed by atoms with Gasteiger partial charge in [0.1, 0.15) is 5.69 Å². The molecule has 0 amide bonds. The van der Waals surface area contributed by atoms with Crippen molar-refractivity contribution in [3.05, 3.63) is 47.8 Å². The Balaban J connectivity index is 2.36. The second kappa shape index (κ2) is 5.40. The molecule has 0 aliphatic heterocycles. The van der Waals surface area contributed by atoms with E-state index >= 15 is 0 Å². The predicted octanol–water partition coefficient (Wildman–Crippen LogP) is 3.93. The maximum atomic E-state index is 11.8. The number of allylic oxidation sites excluding steroid dienone is 1. The number of esters is 1. The maximum Gasteiger partial charge on any atom is 0.356 e. The Morgan fingerprint density at radius 1 is 1.33 bits per heavy atom. The number of aromatic amines is 1. The summed E-state index contributed by atoms with van der Waals surface area (Å²) in [5.74, 6) is -0.423. The average molecular weight is 280 g/mol. The molecule has 0 saturated carbocycles. The van der Waals surface area contributed by atoms with Crippen LogP contribution >= 0.6 is 0 Å². The van der Waals surface area contributed by atoms with Crippen molar-refractivity contribution in [1.29, 1.82) is 0 Å². The molecule has 3 aromatic rings. The predicted molar refractivity (Wildman–Crippen MR) is 84.3 cm³/mol. The van der Waals surface area contributed by atoms with Gasteiger partial charge in [-0.15, -0.1) is 0 Å². The lowest BCUT2D eigenvalue weighted by Crippen LogP contribution is -2.05. The van der Waals surface area contributed by atoms with E-state index in [2.05, 4.69) is 16.9 Å². The molecule has 0 fully saturated rings. The molecular formula is C17H16N2O2. The van der Waals surface area contributed by atoms with Gasteiger partial charge in [0.05, 0.1) is 18.3 Å². The molecule has 0 bridgehead atoms. The Kier molecular flexibility index (Phi) is 3.44. The van der Waals surface area contributed by atoms with Crippen LogP contribution in [0.4, 0.5) is 0 Å². The summed E-state index contributed by atoms with van der Waals surface area (Å²) < 4.78 is 4.80. The maximum absolute atomic E-state index is 11.8. The minimum atomic E-state index is -0.423. The number of benzene rings is 1. The Morgan fingerprint density at radius 2 is 2.14 bits per heavy atom. The van der Waals surface area contributed by atoms with Crippen molar-refractivity contribution >= 4 is 33.9 Å². The van der Waals surface area contributed by atoms with Gasteiger partial charge in [-0.25, -0.2) is 9.78 Å². The number of nitrogens with zero attached hydrogens (tertiary/aromatic N) is 1. The van der Waals surface area contributed by atoms with Crippen LogP contribution in [0.25, 0.3) is 27.9 Å². The highest BCUT2D eigenvalue weighted by molar-refractivity contribution is 6.10. The molecule has 2 heterocycles. The SMILES string of the molecule is CC/C=C/c1nc(C(=O)OC)cc2c1[nH]c1ccccc12. The second-order valence-electron chi connectivity index (χ2n) is 4.79. The highest BCUT2D eigenvalue weighted by Crippen LogP contribution is 2.28. The summed E-state index contributed by atoms with van der Waals surface area (Å²) in [6.45, 7) is 2.06. The number of pyridine rings is 1. The number of methoxy groups -OCH3 is 1. The zero-order chi connectivity index (χ0) is 14.8. The minimum absolute atomic E-state index is 0.325. The van der Waals surface area contributed by atoms with E-state index < -0.39 is 5.97 Å². The van der Waals surface area contributed by atoms with Crippen molar-refractivity contribution in [2.75, 3.05) is 7.11 Å². The zero-order valence-corrected chi connectivity index (χ0v) is 12.0. The van der Waals surface area contributed by atoms with Crippen molar-refractivity contribution in [1.82, 2.24) is 9.97 Å². The van der Waals surface area contributed by atoms with Crippen LogP contribution in [-0.4, -0.2) is 23.0 Å². The first-order valence-electron chi connectivity index (χ1n) is 6.91. The summed E-state index contributed by atoms with van der Waals surface area (Å²) in [5.41, 5.74) is 3.05. The van der Waals surface area contributed by atoms with Gasteiger partial charge in [0.15, 0.2) is 0 Å². The van der Waals surface area contributed by atoms with Gasteiger partial charge in [0.25, 0.3) is 0 Å². The van der Waals surface area contributed by atoms with E-state index in [4.69, 9.17) is 4.74 Å². The van der Waals surface area contributed by atoms with Gasteiger partial charge in [0.2, 0.25) is 0 Å². The molecule has 1 aromatic carbocycles. The quantitative estimate of drug-likeness (QED) is 0.740. The number of carbonyl (C=O) groups excluding carboxylic acids is 1. The Bertz CT molecular complexity index is 846. The summed E-state index contributed by atoms with van der Waals surface area (Å²) in [6, 6.07) is 9.79. The van der Waals surface area contributed by atoms with E-state index in [-0.39, 0.29) is 0 Å². The highest BCUT2D eigenvalue weighted by Gasteiger charge is 2.14. The van der Waals surface area contributed by atoms with Gasteiger partial charge in [-0.05, 0) is 24.6 Å².